The summed E-state index contributed by atoms with van der Waals surface area (Å²) in [5, 5.41) is 5.31. The van der Waals surface area contributed by atoms with Crippen molar-refractivity contribution in [3.63, 3.8) is 0 Å². The van der Waals surface area contributed by atoms with Crippen LogP contribution < -0.4 is 20.1 Å². The van der Waals surface area contributed by atoms with Gasteiger partial charge in [-0.25, -0.2) is 19.1 Å². The predicted molar refractivity (Wildman–Crippen MR) is 165 cm³/mol. The Labute approximate surface area is 283 Å². The standard InChI is InChI=1S/C29H43N5O14S/c1-43-15-16-44-14-13-31-49(41,42)33-28(39)45-17-20(18-47-29(40)48-34-25(36)10-11-26(34)37)32-24(35)9-6-12-30-27(38)46-19-23-21-7-4-2-3-5-8-22(21)23/h20-23,31H,4-19H2,1H3,(H,30,38)(H,32,35)(H,33,39)/t20-,21-,22+,23-/m1/s1. The number of hydroxylamine groups is 2. The topological polar surface area (TPSA) is 243 Å². The Balaban J connectivity index is 1.39. The summed E-state index contributed by atoms with van der Waals surface area (Å²) in [6.07, 6.45) is 0.0736. The Morgan fingerprint density at radius 2 is 1.57 bits per heavy atom. The molecule has 274 valence electrons. The van der Waals surface area contributed by atoms with Gasteiger partial charge in [-0.3, -0.25) is 19.2 Å². The summed E-state index contributed by atoms with van der Waals surface area (Å²) < 4.78 is 52.9. The zero-order chi connectivity index (χ0) is 35.6. The maximum Gasteiger partial charge on any atom is 0.534 e. The maximum absolute atomic E-state index is 12.6. The van der Waals surface area contributed by atoms with Crippen molar-refractivity contribution in [2.24, 2.45) is 17.8 Å². The van der Waals surface area contributed by atoms with Crippen molar-refractivity contribution in [3.8, 4) is 11.8 Å². The quantitative estimate of drug-likeness (QED) is 0.0421. The lowest BCUT2D eigenvalue weighted by molar-refractivity contribution is -0.177. The molecular weight excluding hydrogens is 674 g/mol. The van der Waals surface area contributed by atoms with Crippen LogP contribution in [0.15, 0.2) is 0 Å². The Morgan fingerprint density at radius 1 is 0.898 bits per heavy atom. The van der Waals surface area contributed by atoms with E-state index >= 15 is 0 Å². The molecule has 20 heteroatoms. The molecule has 4 atom stereocenters. The van der Waals surface area contributed by atoms with E-state index in [1.165, 1.54) is 7.11 Å². The van der Waals surface area contributed by atoms with Crippen molar-refractivity contribution in [3.05, 3.63) is 0 Å². The van der Waals surface area contributed by atoms with Gasteiger partial charge in [-0.2, -0.15) is 13.1 Å². The van der Waals surface area contributed by atoms with Gasteiger partial charge in [0.05, 0.1) is 32.5 Å². The van der Waals surface area contributed by atoms with Crippen molar-refractivity contribution < 1.29 is 65.7 Å². The fourth-order valence-electron chi connectivity index (χ4n) is 5.15. The van der Waals surface area contributed by atoms with Gasteiger partial charge in [-0.1, -0.05) is 5.06 Å². The Bertz CT molecular complexity index is 1320. The number of nitrogens with one attached hydrogen (secondary N) is 4. The summed E-state index contributed by atoms with van der Waals surface area (Å²) in [6.45, 7) is -0.489. The lowest BCUT2D eigenvalue weighted by Crippen LogP contribution is -2.46. The minimum Gasteiger partial charge on any atom is -0.449 e. The molecule has 49 heavy (non-hydrogen) atoms. The summed E-state index contributed by atoms with van der Waals surface area (Å²) in [4.78, 5) is 76.9. The van der Waals surface area contributed by atoms with E-state index < -0.39 is 65.5 Å². The van der Waals surface area contributed by atoms with Gasteiger partial charge in [0.1, 0.15) is 13.2 Å². The van der Waals surface area contributed by atoms with Gasteiger partial charge in [0, 0.05) is 52.3 Å². The van der Waals surface area contributed by atoms with E-state index in [1.54, 1.807) is 4.72 Å². The molecule has 3 rings (SSSR count). The number of carbonyl (C=O) groups is 6. The number of carbonyl (C=O) groups excluding carboxylic acids is 6. The molecule has 0 aromatic heterocycles. The lowest BCUT2D eigenvalue weighted by atomic mass is 10.1. The van der Waals surface area contributed by atoms with Gasteiger partial charge in [-0.05, 0) is 37.0 Å². The number of alkyl carbamates (subject to hydrolysis) is 1. The highest BCUT2D eigenvalue weighted by molar-refractivity contribution is 7.88. The van der Waals surface area contributed by atoms with Crippen LogP contribution in [0, 0.1) is 29.6 Å². The van der Waals surface area contributed by atoms with Gasteiger partial charge < -0.3 is 34.3 Å². The maximum atomic E-state index is 12.6. The zero-order valence-corrected chi connectivity index (χ0v) is 28.0. The number of amides is 5. The largest absolute Gasteiger partial charge is 0.534 e. The third-order valence-corrected chi connectivity index (χ3v) is 8.66. The number of hydrogen-bond acceptors (Lipinski definition) is 14. The highest BCUT2D eigenvalue weighted by Gasteiger charge is 2.49. The zero-order valence-electron chi connectivity index (χ0n) is 27.2. The van der Waals surface area contributed by atoms with Crippen LogP contribution in [0.1, 0.15) is 51.4 Å². The molecule has 0 unspecified atom stereocenters. The molecule has 0 aromatic rings. The first-order chi connectivity index (χ1) is 23.5. The molecule has 1 saturated carbocycles. The fourth-order valence-corrected chi connectivity index (χ4v) is 5.85. The van der Waals surface area contributed by atoms with E-state index in [9.17, 15) is 37.2 Å². The van der Waals surface area contributed by atoms with E-state index in [4.69, 9.17) is 23.7 Å². The molecule has 1 saturated heterocycles. The molecule has 0 spiro atoms. The second-order valence-corrected chi connectivity index (χ2v) is 12.8. The Hall–Kier alpha value is -4.19. The van der Waals surface area contributed by atoms with Crippen LogP contribution in [0.2, 0.25) is 0 Å². The highest BCUT2D eigenvalue weighted by Crippen LogP contribution is 2.52. The molecule has 0 aromatic carbocycles. The van der Waals surface area contributed by atoms with Crippen LogP contribution in [0.4, 0.5) is 14.4 Å². The SMILES string of the molecule is COCCOCCNS(=O)(=O)NC(=O)OC[C@H](COC(=O)ON1C(=O)CCC1=O)NC(=O)CCCNC(=O)OC[C@@H]1[C@@H]2CCC#CCC[C@@H]21. The van der Waals surface area contributed by atoms with Gasteiger partial charge in [0.25, 0.3) is 11.8 Å². The summed E-state index contributed by atoms with van der Waals surface area (Å²) in [5.41, 5.74) is 0. The van der Waals surface area contributed by atoms with Gasteiger partial charge in [-0.15, -0.1) is 11.8 Å². The number of imide groups is 1. The number of fused-ring (bicyclic) bond motifs is 1. The molecule has 0 radical (unpaired) electrons. The number of hydrogen-bond donors (Lipinski definition) is 4. The number of nitrogens with zero attached hydrogens (tertiary/aromatic N) is 1. The van der Waals surface area contributed by atoms with Gasteiger partial charge >= 0.3 is 28.6 Å². The van der Waals surface area contributed by atoms with Crippen LogP contribution in [-0.2, 0) is 53.1 Å². The minimum absolute atomic E-state index is 0.00365. The number of methoxy groups -OCH3 is 1. The molecule has 3 aliphatic rings. The van der Waals surface area contributed by atoms with Gasteiger partial charge in [0.15, 0.2) is 0 Å². The second kappa shape index (κ2) is 20.4. The monoisotopic (exact) mass is 717 g/mol. The minimum atomic E-state index is -4.33. The summed E-state index contributed by atoms with van der Waals surface area (Å²) in [6, 6.07) is -1.21. The normalized spacial score (nSPS) is 20.3. The van der Waals surface area contributed by atoms with Crippen molar-refractivity contribution >= 4 is 46.3 Å². The van der Waals surface area contributed by atoms with E-state index in [0.29, 0.717) is 31.0 Å². The summed E-state index contributed by atoms with van der Waals surface area (Å²) in [5.74, 6) is 5.58. The first kappa shape index (κ1) is 39.3. The number of ether oxygens (including phenoxy) is 5. The van der Waals surface area contributed by atoms with Crippen molar-refractivity contribution in [2.75, 3.05) is 59.8 Å². The van der Waals surface area contributed by atoms with Crippen LogP contribution in [0.3, 0.4) is 0 Å². The second-order valence-electron chi connectivity index (χ2n) is 11.3. The molecule has 2 fully saturated rings. The Kier molecular flexibility index (Phi) is 16.3. The van der Waals surface area contributed by atoms with E-state index in [1.807, 2.05) is 0 Å². The van der Waals surface area contributed by atoms with Crippen LogP contribution in [0.5, 0.6) is 0 Å². The first-order valence-electron chi connectivity index (χ1n) is 15.9. The lowest BCUT2D eigenvalue weighted by Gasteiger charge is -2.19. The van der Waals surface area contributed by atoms with Crippen molar-refractivity contribution in [1.82, 2.24) is 25.1 Å². The van der Waals surface area contributed by atoms with E-state index in [2.05, 4.69) is 32.0 Å². The van der Waals surface area contributed by atoms with Crippen LogP contribution in [-0.4, -0.2) is 115 Å². The molecule has 1 aliphatic heterocycles. The van der Waals surface area contributed by atoms with Crippen LogP contribution in [0.25, 0.3) is 0 Å². The average Bonchev–Trinajstić information content (AvgIpc) is 3.59. The molecule has 19 nitrogen and oxygen atoms in total. The Morgan fingerprint density at radius 3 is 2.24 bits per heavy atom. The predicted octanol–water partition coefficient (Wildman–Crippen LogP) is -0.142. The van der Waals surface area contributed by atoms with Crippen LogP contribution >= 0.6 is 0 Å². The first-order valence-corrected chi connectivity index (χ1v) is 17.3. The average molecular weight is 718 g/mol. The summed E-state index contributed by atoms with van der Waals surface area (Å²) >= 11 is 0. The van der Waals surface area contributed by atoms with E-state index in [0.717, 1.165) is 25.7 Å². The molecule has 2 aliphatic carbocycles. The number of rotatable bonds is 20. The molecule has 1 heterocycles. The third-order valence-electron chi connectivity index (χ3n) is 7.64. The fraction of sp³-hybridized carbons (Fsp3) is 0.724. The van der Waals surface area contributed by atoms with Crippen molar-refractivity contribution in [2.45, 2.75) is 57.4 Å². The summed E-state index contributed by atoms with van der Waals surface area (Å²) in [7, 11) is -2.85. The smallest absolute Gasteiger partial charge is 0.449 e. The van der Waals surface area contributed by atoms with Crippen molar-refractivity contribution in [1.29, 1.82) is 0 Å². The van der Waals surface area contributed by atoms with Gasteiger partial charge in [0.2, 0.25) is 5.91 Å². The van der Waals surface area contributed by atoms with E-state index in [-0.39, 0.29) is 57.0 Å². The molecular formula is C29H43N5O14S. The molecule has 4 N–H and O–H groups in total. The molecule has 5 amide bonds. The highest BCUT2D eigenvalue weighted by atomic mass is 32.2. The third kappa shape index (κ3) is 14.9. The molecule has 0 bridgehead atoms.